The number of guanidine groups is 1. The molecule has 1 rings (SSSR count). The topological polar surface area (TPSA) is 66.4 Å². The van der Waals surface area contributed by atoms with Crippen LogP contribution in [0.1, 0.15) is 34.1 Å². The minimum atomic E-state index is -0.469. The molecule has 7 heteroatoms. The van der Waals surface area contributed by atoms with Gasteiger partial charge in [0, 0.05) is 53.3 Å². The fourth-order valence-corrected chi connectivity index (χ4v) is 2.94. The van der Waals surface area contributed by atoms with Crippen molar-refractivity contribution in [2.45, 2.75) is 39.7 Å². The zero-order valence-electron chi connectivity index (χ0n) is 17.0. The normalized spacial score (nSPS) is 19.7. The highest BCUT2D eigenvalue weighted by Gasteiger charge is 2.25. The van der Waals surface area contributed by atoms with E-state index in [9.17, 15) is 4.79 Å². The van der Waals surface area contributed by atoms with Crippen LogP contribution in [-0.2, 0) is 9.47 Å². The number of rotatable bonds is 6. The molecule has 1 amide bonds. The Bertz CT molecular complexity index is 448. The fourth-order valence-electron chi connectivity index (χ4n) is 2.94. The first-order chi connectivity index (χ1) is 11.7. The van der Waals surface area contributed by atoms with Crippen molar-refractivity contribution >= 4 is 12.1 Å². The molecule has 0 radical (unpaired) electrons. The molecule has 0 aromatic carbocycles. The van der Waals surface area contributed by atoms with E-state index >= 15 is 0 Å². The number of carbonyl (C=O) groups is 1. The van der Waals surface area contributed by atoms with E-state index in [1.165, 1.54) is 0 Å². The van der Waals surface area contributed by atoms with Gasteiger partial charge in [-0.15, -0.1) is 0 Å². The third-order valence-electron chi connectivity index (χ3n) is 4.10. The summed E-state index contributed by atoms with van der Waals surface area (Å²) in [6.45, 7) is 11.9. The summed E-state index contributed by atoms with van der Waals surface area (Å²) in [5.74, 6) is 1.77. The van der Waals surface area contributed by atoms with Crippen molar-refractivity contribution in [1.29, 1.82) is 0 Å². The van der Waals surface area contributed by atoms with Crippen LogP contribution >= 0.6 is 0 Å². The Balaban J connectivity index is 2.39. The Morgan fingerprint density at radius 3 is 2.68 bits per heavy atom. The summed E-state index contributed by atoms with van der Waals surface area (Å²) in [6.07, 6.45) is 0.844. The number of hydrogen-bond acceptors (Lipinski definition) is 4. The molecule has 146 valence electrons. The lowest BCUT2D eigenvalue weighted by Crippen LogP contribution is -2.44. The Hall–Kier alpha value is -1.50. The molecular weight excluding hydrogens is 320 g/mol. The maximum Gasteiger partial charge on any atom is 0.410 e. The van der Waals surface area contributed by atoms with Crippen LogP contribution in [0.2, 0.25) is 0 Å². The average Bonchev–Trinajstić information content (AvgIpc) is 2.95. The van der Waals surface area contributed by atoms with Gasteiger partial charge in [-0.25, -0.2) is 4.79 Å². The third-order valence-corrected chi connectivity index (χ3v) is 4.10. The van der Waals surface area contributed by atoms with Gasteiger partial charge in [-0.05, 0) is 33.1 Å². The van der Waals surface area contributed by atoms with E-state index in [-0.39, 0.29) is 12.0 Å². The molecule has 1 saturated heterocycles. The van der Waals surface area contributed by atoms with Gasteiger partial charge in [-0.3, -0.25) is 4.99 Å². The molecule has 7 nitrogen and oxygen atoms in total. The first-order valence-electron chi connectivity index (χ1n) is 9.05. The van der Waals surface area contributed by atoms with Gasteiger partial charge in [0.1, 0.15) is 5.60 Å². The maximum absolute atomic E-state index is 12.0. The van der Waals surface area contributed by atoms with E-state index in [4.69, 9.17) is 9.47 Å². The average molecular weight is 357 g/mol. The molecular formula is C18H36N4O3. The van der Waals surface area contributed by atoms with Crippen molar-refractivity contribution in [2.24, 2.45) is 16.8 Å². The van der Waals surface area contributed by atoms with Crippen molar-refractivity contribution < 1.29 is 14.3 Å². The van der Waals surface area contributed by atoms with E-state index in [0.717, 1.165) is 38.6 Å². The van der Waals surface area contributed by atoms with Crippen molar-refractivity contribution in [3.63, 3.8) is 0 Å². The molecule has 2 unspecified atom stereocenters. The molecule has 0 aromatic rings. The standard InChI is InChI=1S/C18H36N4O3/c1-14(11-21(6)17(23)25-18(2,3)4)10-20-16(19-5)22-9-8-15(12-22)13-24-7/h14-15H,8-13H2,1-7H3,(H,19,20). The van der Waals surface area contributed by atoms with Gasteiger partial charge in [-0.2, -0.15) is 0 Å². The highest BCUT2D eigenvalue weighted by atomic mass is 16.6. The number of methoxy groups -OCH3 is 1. The number of likely N-dealkylation sites (tertiary alicyclic amines) is 1. The fraction of sp³-hybridized carbons (Fsp3) is 0.889. The van der Waals surface area contributed by atoms with Crippen LogP contribution in [0.25, 0.3) is 0 Å². The zero-order valence-corrected chi connectivity index (χ0v) is 17.0. The number of nitrogens with zero attached hydrogens (tertiary/aromatic N) is 3. The quantitative estimate of drug-likeness (QED) is 0.583. The molecule has 1 fully saturated rings. The van der Waals surface area contributed by atoms with E-state index in [1.807, 2.05) is 27.8 Å². The van der Waals surface area contributed by atoms with Gasteiger partial charge in [-0.1, -0.05) is 6.92 Å². The van der Waals surface area contributed by atoms with Crippen molar-refractivity contribution in [2.75, 3.05) is 54.0 Å². The highest BCUT2D eigenvalue weighted by Crippen LogP contribution is 2.16. The minimum Gasteiger partial charge on any atom is -0.444 e. The van der Waals surface area contributed by atoms with Gasteiger partial charge in [0.2, 0.25) is 0 Å². The number of nitrogens with one attached hydrogen (secondary N) is 1. The molecule has 2 atom stereocenters. The largest absolute Gasteiger partial charge is 0.444 e. The van der Waals surface area contributed by atoms with Crippen molar-refractivity contribution in [1.82, 2.24) is 15.1 Å². The second-order valence-corrected chi connectivity index (χ2v) is 7.95. The number of carbonyl (C=O) groups excluding carboxylic acids is 1. The van der Waals surface area contributed by atoms with Crippen LogP contribution in [0.5, 0.6) is 0 Å². The Morgan fingerprint density at radius 1 is 1.44 bits per heavy atom. The molecule has 1 aliphatic rings. The summed E-state index contributed by atoms with van der Waals surface area (Å²) in [4.78, 5) is 20.3. The summed E-state index contributed by atoms with van der Waals surface area (Å²) < 4.78 is 10.6. The van der Waals surface area contributed by atoms with Crippen LogP contribution in [-0.4, -0.2) is 81.4 Å². The molecule has 25 heavy (non-hydrogen) atoms. The lowest BCUT2D eigenvalue weighted by Gasteiger charge is -2.27. The highest BCUT2D eigenvalue weighted by molar-refractivity contribution is 5.80. The third kappa shape index (κ3) is 7.94. The predicted molar refractivity (Wildman–Crippen MR) is 101 cm³/mol. The molecule has 0 bridgehead atoms. The first kappa shape index (κ1) is 21.5. The number of amides is 1. The number of hydrogen-bond donors (Lipinski definition) is 1. The van der Waals surface area contributed by atoms with Gasteiger partial charge in [0.25, 0.3) is 0 Å². The SMILES string of the molecule is CN=C(NCC(C)CN(C)C(=O)OC(C)(C)C)N1CCC(COC)C1. The Labute approximate surface area is 152 Å². The van der Waals surface area contributed by atoms with Gasteiger partial charge in [0.15, 0.2) is 5.96 Å². The van der Waals surface area contributed by atoms with Crippen LogP contribution in [0.3, 0.4) is 0 Å². The predicted octanol–water partition coefficient (Wildman–Crippen LogP) is 2.03. The van der Waals surface area contributed by atoms with Crippen LogP contribution in [0.15, 0.2) is 4.99 Å². The van der Waals surface area contributed by atoms with Crippen LogP contribution < -0.4 is 5.32 Å². The number of aliphatic imine (C=N–C) groups is 1. The Morgan fingerprint density at radius 2 is 2.12 bits per heavy atom. The molecule has 1 N–H and O–H groups in total. The summed E-state index contributed by atoms with van der Waals surface area (Å²) in [5.41, 5.74) is -0.469. The zero-order chi connectivity index (χ0) is 19.0. The maximum atomic E-state index is 12.0. The lowest BCUT2D eigenvalue weighted by molar-refractivity contribution is 0.0278. The van der Waals surface area contributed by atoms with Crippen LogP contribution in [0.4, 0.5) is 4.79 Å². The van der Waals surface area contributed by atoms with Gasteiger partial charge >= 0.3 is 6.09 Å². The summed E-state index contributed by atoms with van der Waals surface area (Å²) in [7, 11) is 5.33. The van der Waals surface area contributed by atoms with Crippen molar-refractivity contribution in [3.8, 4) is 0 Å². The molecule has 1 heterocycles. The summed E-state index contributed by atoms with van der Waals surface area (Å²) in [5, 5.41) is 3.42. The van der Waals surface area contributed by atoms with Gasteiger partial charge in [0.05, 0.1) is 6.61 Å². The Kier molecular flexibility index (Phi) is 8.48. The van der Waals surface area contributed by atoms with Crippen molar-refractivity contribution in [3.05, 3.63) is 0 Å². The van der Waals surface area contributed by atoms with E-state index in [1.54, 1.807) is 19.1 Å². The summed E-state index contributed by atoms with van der Waals surface area (Å²) >= 11 is 0. The smallest absolute Gasteiger partial charge is 0.410 e. The van der Waals surface area contributed by atoms with E-state index in [0.29, 0.717) is 12.5 Å². The second kappa shape index (κ2) is 9.85. The monoisotopic (exact) mass is 356 g/mol. The molecule has 0 aromatic heterocycles. The molecule has 0 spiro atoms. The second-order valence-electron chi connectivity index (χ2n) is 7.95. The minimum absolute atomic E-state index is 0.284. The lowest BCUT2D eigenvalue weighted by atomic mass is 10.1. The van der Waals surface area contributed by atoms with E-state index in [2.05, 4.69) is 22.1 Å². The molecule has 1 aliphatic heterocycles. The van der Waals surface area contributed by atoms with E-state index < -0.39 is 5.60 Å². The molecule has 0 aliphatic carbocycles. The first-order valence-corrected chi connectivity index (χ1v) is 9.05. The van der Waals surface area contributed by atoms with Crippen LogP contribution in [0, 0.1) is 11.8 Å². The number of ether oxygens (including phenoxy) is 2. The van der Waals surface area contributed by atoms with Gasteiger partial charge < -0.3 is 24.6 Å². The summed E-state index contributed by atoms with van der Waals surface area (Å²) in [6, 6.07) is 0. The molecule has 0 saturated carbocycles.